The summed E-state index contributed by atoms with van der Waals surface area (Å²) in [6.07, 6.45) is 4.48. The normalized spacial score (nSPS) is 21.4. The van der Waals surface area contributed by atoms with Crippen LogP contribution in [0.15, 0.2) is 23.3 Å². The van der Waals surface area contributed by atoms with E-state index in [9.17, 15) is 29.1 Å². The van der Waals surface area contributed by atoms with E-state index < -0.39 is 59.5 Å². The van der Waals surface area contributed by atoms with Crippen molar-refractivity contribution in [3.05, 3.63) is 23.3 Å². The van der Waals surface area contributed by atoms with Crippen LogP contribution in [0.2, 0.25) is 0 Å². The second-order valence-electron chi connectivity index (χ2n) is 9.26. The van der Waals surface area contributed by atoms with Gasteiger partial charge in [0.15, 0.2) is 18.0 Å². The minimum absolute atomic E-state index is 0.00220. The molecule has 1 unspecified atom stereocenters. The first kappa shape index (κ1) is 33.3. The molecule has 0 saturated heterocycles. The molecule has 0 aromatic rings. The quantitative estimate of drug-likeness (QED) is 0.129. The number of hydrogen-bond acceptors (Lipinski definition) is 10. The van der Waals surface area contributed by atoms with Crippen molar-refractivity contribution < 1.29 is 48.0 Å². The number of rotatable bonds is 16. The van der Waals surface area contributed by atoms with Crippen LogP contribution < -0.4 is 0 Å². The summed E-state index contributed by atoms with van der Waals surface area (Å²) >= 11 is 6.15. The van der Waals surface area contributed by atoms with E-state index in [1.165, 1.54) is 13.2 Å². The molecule has 10 nitrogen and oxygen atoms in total. The van der Waals surface area contributed by atoms with E-state index >= 15 is 0 Å². The molecule has 0 aliphatic heterocycles. The maximum atomic E-state index is 13.2. The van der Waals surface area contributed by atoms with Gasteiger partial charge in [-0.05, 0) is 38.2 Å². The topological polar surface area (TPSA) is 142 Å². The molecule has 0 radical (unpaired) electrons. The molecule has 5 atom stereocenters. The molecule has 1 rings (SSSR count). The molecule has 11 heteroatoms. The molecule has 1 N–H and O–H groups in total. The lowest BCUT2D eigenvalue weighted by Gasteiger charge is -2.39. The van der Waals surface area contributed by atoms with Gasteiger partial charge in [0.1, 0.15) is 11.7 Å². The summed E-state index contributed by atoms with van der Waals surface area (Å²) < 4.78 is 21.0. The molecule has 0 saturated carbocycles. The summed E-state index contributed by atoms with van der Waals surface area (Å²) in [7, 11) is 1.23. The van der Waals surface area contributed by atoms with Gasteiger partial charge in [-0.1, -0.05) is 43.5 Å². The van der Waals surface area contributed by atoms with Gasteiger partial charge >= 0.3 is 23.9 Å². The summed E-state index contributed by atoms with van der Waals surface area (Å²) in [5.74, 6) is -5.03. The zero-order valence-electron chi connectivity index (χ0n) is 22.7. The predicted octanol–water partition coefficient (Wildman–Crippen LogP) is 3.70. The van der Waals surface area contributed by atoms with Crippen LogP contribution >= 0.6 is 11.6 Å². The number of halogens is 1. The van der Waals surface area contributed by atoms with E-state index in [4.69, 9.17) is 25.8 Å². The lowest BCUT2D eigenvalue weighted by molar-refractivity contribution is -0.194. The fraction of sp³-hybridized carbons (Fsp3) is 0.667. The SMILES string of the molecule is CCCCC/C=C\C[C@@]1(O)C=C(Cl)C(=O)C1[C@@H](OC(C)=O)[C@H](OC(C)=O)[C@H](CCCC(=O)OC)OC(C)=O. The molecule has 38 heavy (non-hydrogen) atoms. The number of esters is 4. The standard InChI is InChI=1S/C27H39ClO10/c1-6-7-8-9-10-11-15-27(34)16-20(28)24(33)23(27)26(38-19(4)31)25(37-18(3)30)21(36-17(2)29)13-12-14-22(32)35-5/h10-11,16,21,23,25-26,34H,6-9,12-15H2,1-5H3/b11-10-/t21-,23?,25+,26+,27+/m0/s1. The third-order valence-electron chi connectivity index (χ3n) is 6.06. The Hall–Kier alpha value is -2.72. The zero-order chi connectivity index (χ0) is 28.9. The Morgan fingerprint density at radius 1 is 1.03 bits per heavy atom. The Bertz CT molecular complexity index is 912. The van der Waals surface area contributed by atoms with Crippen LogP contribution in [0.3, 0.4) is 0 Å². The van der Waals surface area contributed by atoms with Crippen molar-refractivity contribution in [2.24, 2.45) is 5.92 Å². The van der Waals surface area contributed by atoms with Gasteiger partial charge in [0.05, 0.1) is 18.1 Å². The summed E-state index contributed by atoms with van der Waals surface area (Å²) in [5.41, 5.74) is -1.87. The smallest absolute Gasteiger partial charge is 0.305 e. The van der Waals surface area contributed by atoms with Crippen molar-refractivity contribution in [2.45, 2.75) is 103 Å². The highest BCUT2D eigenvalue weighted by molar-refractivity contribution is 6.44. The molecule has 0 aromatic carbocycles. The van der Waals surface area contributed by atoms with Crippen molar-refractivity contribution >= 4 is 41.3 Å². The molecule has 1 aliphatic rings. The highest BCUT2D eigenvalue weighted by Crippen LogP contribution is 2.41. The molecule has 0 amide bonds. The monoisotopic (exact) mass is 558 g/mol. The lowest BCUT2D eigenvalue weighted by Crippen LogP contribution is -2.55. The van der Waals surface area contributed by atoms with Gasteiger partial charge in [0, 0.05) is 27.2 Å². The number of carbonyl (C=O) groups is 5. The summed E-state index contributed by atoms with van der Waals surface area (Å²) in [4.78, 5) is 61.0. The minimum atomic E-state index is -1.87. The Morgan fingerprint density at radius 3 is 2.21 bits per heavy atom. The van der Waals surface area contributed by atoms with E-state index in [0.717, 1.165) is 46.5 Å². The fourth-order valence-corrected chi connectivity index (χ4v) is 4.70. The average molecular weight is 559 g/mol. The number of ether oxygens (including phenoxy) is 4. The molecule has 214 valence electrons. The van der Waals surface area contributed by atoms with E-state index in [0.29, 0.717) is 0 Å². The first-order chi connectivity index (χ1) is 17.9. The molecular formula is C27H39ClO10. The first-order valence-electron chi connectivity index (χ1n) is 12.7. The molecule has 0 bridgehead atoms. The maximum absolute atomic E-state index is 13.2. The van der Waals surface area contributed by atoms with Gasteiger partial charge in [-0.25, -0.2) is 0 Å². The molecule has 1 aliphatic carbocycles. The Labute approximate surface area is 228 Å². The van der Waals surface area contributed by atoms with Crippen LogP contribution in [-0.4, -0.2) is 65.8 Å². The number of aliphatic hydroxyl groups is 1. The van der Waals surface area contributed by atoms with Crippen LogP contribution in [0.5, 0.6) is 0 Å². The van der Waals surface area contributed by atoms with Gasteiger partial charge in [-0.3, -0.25) is 24.0 Å². The predicted molar refractivity (Wildman–Crippen MR) is 138 cm³/mol. The molecular weight excluding hydrogens is 520 g/mol. The van der Waals surface area contributed by atoms with E-state index in [2.05, 4.69) is 11.7 Å². The average Bonchev–Trinajstić information content (AvgIpc) is 3.05. The van der Waals surface area contributed by atoms with Crippen LogP contribution in [-0.2, 0) is 42.9 Å². The van der Waals surface area contributed by atoms with Crippen molar-refractivity contribution in [2.75, 3.05) is 7.11 Å². The van der Waals surface area contributed by atoms with Crippen molar-refractivity contribution in [3.8, 4) is 0 Å². The third kappa shape index (κ3) is 10.6. The largest absolute Gasteiger partial charge is 0.469 e. The van der Waals surface area contributed by atoms with Crippen LogP contribution in [0, 0.1) is 5.92 Å². The minimum Gasteiger partial charge on any atom is -0.469 e. The molecule has 0 heterocycles. The van der Waals surface area contributed by atoms with Gasteiger partial charge in [-0.15, -0.1) is 0 Å². The first-order valence-corrected chi connectivity index (χ1v) is 13.1. The second-order valence-corrected chi connectivity index (χ2v) is 9.67. The molecule has 0 spiro atoms. The van der Waals surface area contributed by atoms with Crippen molar-refractivity contribution in [1.29, 1.82) is 0 Å². The van der Waals surface area contributed by atoms with E-state index in [1.807, 2.05) is 6.08 Å². The number of Topliss-reactive ketones (excluding diaryl/α,β-unsaturated/α-hetero) is 1. The van der Waals surface area contributed by atoms with E-state index in [1.54, 1.807) is 6.08 Å². The van der Waals surface area contributed by atoms with Crippen LogP contribution in [0.1, 0.15) is 79.1 Å². The van der Waals surface area contributed by atoms with Gasteiger partial charge in [-0.2, -0.15) is 0 Å². The highest BCUT2D eigenvalue weighted by atomic mass is 35.5. The van der Waals surface area contributed by atoms with E-state index in [-0.39, 0.29) is 30.7 Å². The Kier molecular flexibility index (Phi) is 14.3. The maximum Gasteiger partial charge on any atom is 0.305 e. The zero-order valence-corrected chi connectivity index (χ0v) is 23.5. The van der Waals surface area contributed by atoms with Gasteiger partial charge in [0.2, 0.25) is 0 Å². The van der Waals surface area contributed by atoms with Crippen molar-refractivity contribution in [1.82, 2.24) is 0 Å². The van der Waals surface area contributed by atoms with Crippen LogP contribution in [0.4, 0.5) is 0 Å². The number of allylic oxidation sites excluding steroid dienone is 2. The highest BCUT2D eigenvalue weighted by Gasteiger charge is 2.56. The Morgan fingerprint density at radius 2 is 1.66 bits per heavy atom. The molecule has 0 aromatic heterocycles. The number of hydrogen-bond donors (Lipinski definition) is 1. The van der Waals surface area contributed by atoms with Gasteiger partial charge < -0.3 is 24.1 Å². The Balaban J connectivity index is 3.44. The fourth-order valence-electron chi connectivity index (χ4n) is 4.39. The number of ketones is 1. The summed E-state index contributed by atoms with van der Waals surface area (Å²) in [6, 6.07) is 0. The summed E-state index contributed by atoms with van der Waals surface area (Å²) in [5, 5.41) is 11.3. The summed E-state index contributed by atoms with van der Waals surface area (Å²) in [6.45, 7) is 5.42. The number of methoxy groups -OCH3 is 1. The van der Waals surface area contributed by atoms with Crippen LogP contribution in [0.25, 0.3) is 0 Å². The molecule has 0 fully saturated rings. The third-order valence-corrected chi connectivity index (χ3v) is 6.35. The van der Waals surface area contributed by atoms with Gasteiger partial charge in [0.25, 0.3) is 0 Å². The number of carbonyl (C=O) groups excluding carboxylic acids is 5. The number of unbranched alkanes of at least 4 members (excludes halogenated alkanes) is 3. The lowest BCUT2D eigenvalue weighted by atomic mass is 9.79. The van der Waals surface area contributed by atoms with Crippen molar-refractivity contribution in [3.63, 3.8) is 0 Å². The second kappa shape index (κ2) is 16.3.